The highest BCUT2D eigenvalue weighted by Gasteiger charge is 2.32. The molecule has 26 heavy (non-hydrogen) atoms. The molecule has 6 heteroatoms. The number of ketones is 2. The van der Waals surface area contributed by atoms with E-state index in [1.165, 1.54) is 24.3 Å². The van der Waals surface area contributed by atoms with Gasteiger partial charge in [0.15, 0.2) is 22.6 Å². The Morgan fingerprint density at radius 3 is 2.00 bits per heavy atom. The number of hydrogen-bond acceptors (Lipinski definition) is 4. The maximum absolute atomic E-state index is 12.9. The molecule has 4 rings (SSSR count). The van der Waals surface area contributed by atoms with E-state index < -0.39 is 11.1 Å². The van der Waals surface area contributed by atoms with Crippen LogP contribution in [0.1, 0.15) is 31.8 Å². The van der Waals surface area contributed by atoms with E-state index in [4.69, 9.17) is 9.29 Å². The first-order valence-electron chi connectivity index (χ1n) is 7.76. The second-order valence-electron chi connectivity index (χ2n) is 5.71. The van der Waals surface area contributed by atoms with Crippen LogP contribution in [0.5, 0.6) is 11.5 Å². The minimum Gasteiger partial charge on any atom is -0.457 e. The molecule has 0 bridgehead atoms. The quantitative estimate of drug-likeness (QED) is 0.559. The van der Waals surface area contributed by atoms with Crippen molar-refractivity contribution in [2.75, 3.05) is 0 Å². The van der Waals surface area contributed by atoms with Gasteiger partial charge in [-0.15, -0.1) is 0 Å². The van der Waals surface area contributed by atoms with Gasteiger partial charge in [-0.05, 0) is 30.3 Å². The number of hydrogen-bond donors (Lipinski definition) is 1. The molecule has 0 aromatic heterocycles. The largest absolute Gasteiger partial charge is 0.457 e. The average Bonchev–Trinajstić information content (AvgIpc) is 2.66. The zero-order valence-corrected chi connectivity index (χ0v) is 14.2. The molecule has 0 spiro atoms. The maximum Gasteiger partial charge on any atom is 0.198 e. The predicted octanol–water partition coefficient (Wildman–Crippen LogP) is 3.83. The van der Waals surface area contributed by atoms with Crippen molar-refractivity contribution in [1.29, 1.82) is 0 Å². The minimum atomic E-state index is -2.08. The molecule has 0 heterocycles. The van der Waals surface area contributed by atoms with Crippen molar-refractivity contribution in [3.8, 4) is 11.5 Å². The number of carbonyl (C=O) groups is 2. The van der Waals surface area contributed by atoms with E-state index in [9.17, 15) is 13.8 Å². The van der Waals surface area contributed by atoms with Crippen molar-refractivity contribution in [3.05, 3.63) is 89.0 Å². The first kappa shape index (κ1) is 16.4. The van der Waals surface area contributed by atoms with Gasteiger partial charge >= 0.3 is 0 Å². The molecule has 1 aliphatic rings. The Morgan fingerprint density at radius 1 is 0.731 bits per heavy atom. The molecule has 5 nitrogen and oxygen atoms in total. The first-order valence-corrected chi connectivity index (χ1v) is 8.87. The highest BCUT2D eigenvalue weighted by atomic mass is 32.2. The lowest BCUT2D eigenvalue weighted by molar-refractivity contribution is 0.0977. The second kappa shape index (κ2) is 6.33. The monoisotopic (exact) mass is 364 g/mol. The molecule has 0 aliphatic heterocycles. The van der Waals surface area contributed by atoms with E-state index in [0.29, 0.717) is 22.4 Å². The summed E-state index contributed by atoms with van der Waals surface area (Å²) in [4.78, 5) is 25.9. The zero-order valence-electron chi connectivity index (χ0n) is 13.3. The predicted molar refractivity (Wildman–Crippen MR) is 95.3 cm³/mol. The topological polar surface area (TPSA) is 80.7 Å². The molecule has 0 saturated carbocycles. The highest BCUT2D eigenvalue weighted by molar-refractivity contribution is 7.79. The Kier molecular flexibility index (Phi) is 3.99. The van der Waals surface area contributed by atoms with Crippen LogP contribution >= 0.6 is 0 Å². The first-order chi connectivity index (χ1) is 12.6. The van der Waals surface area contributed by atoms with Crippen molar-refractivity contribution in [2.24, 2.45) is 0 Å². The van der Waals surface area contributed by atoms with Gasteiger partial charge in [0.05, 0.1) is 10.5 Å². The Balaban J connectivity index is 1.77. The number of ether oxygens (including phenoxy) is 1. The Morgan fingerprint density at radius 2 is 1.35 bits per heavy atom. The highest BCUT2D eigenvalue weighted by Crippen LogP contribution is 2.35. The molecule has 1 atom stereocenters. The van der Waals surface area contributed by atoms with Gasteiger partial charge in [-0.3, -0.25) is 9.59 Å². The lowest BCUT2D eigenvalue weighted by Gasteiger charge is -2.20. The van der Waals surface area contributed by atoms with Crippen molar-refractivity contribution in [3.63, 3.8) is 0 Å². The molecular weight excluding hydrogens is 352 g/mol. The maximum atomic E-state index is 12.9. The van der Waals surface area contributed by atoms with Gasteiger partial charge < -0.3 is 9.29 Å². The summed E-state index contributed by atoms with van der Waals surface area (Å²) in [5.41, 5.74) is 1.27. The number of rotatable bonds is 3. The standard InChI is InChI=1S/C20H12O5S/c21-19-14-4-1-2-5-15(14)20(22)18-16(19)6-3-7-17(18)25-12-8-10-13(11-9-12)26(23)24/h1-11H,(H,23,24). The summed E-state index contributed by atoms with van der Waals surface area (Å²) in [6, 6.07) is 17.6. The summed E-state index contributed by atoms with van der Waals surface area (Å²) in [5.74, 6) is 0.186. The Bertz CT molecular complexity index is 1070. The molecular formula is C20H12O5S. The summed E-state index contributed by atoms with van der Waals surface area (Å²) in [7, 11) is 0. The lowest BCUT2D eigenvalue weighted by atomic mass is 9.83. The third-order valence-electron chi connectivity index (χ3n) is 4.17. The molecule has 1 unspecified atom stereocenters. The van der Waals surface area contributed by atoms with Crippen LogP contribution in [0.2, 0.25) is 0 Å². The molecule has 0 fully saturated rings. The van der Waals surface area contributed by atoms with Crippen molar-refractivity contribution in [2.45, 2.75) is 4.90 Å². The molecule has 128 valence electrons. The van der Waals surface area contributed by atoms with Gasteiger partial charge in [-0.1, -0.05) is 36.4 Å². The van der Waals surface area contributed by atoms with Crippen molar-refractivity contribution < 1.29 is 23.1 Å². The summed E-state index contributed by atoms with van der Waals surface area (Å²) in [5, 5.41) is 0. The van der Waals surface area contributed by atoms with Crippen LogP contribution in [-0.4, -0.2) is 20.3 Å². The molecule has 3 aromatic rings. The fraction of sp³-hybridized carbons (Fsp3) is 0. The van der Waals surface area contributed by atoms with E-state index >= 15 is 0 Å². The van der Waals surface area contributed by atoms with Crippen LogP contribution in [-0.2, 0) is 11.1 Å². The summed E-state index contributed by atoms with van der Waals surface area (Å²) in [6.45, 7) is 0. The number of benzene rings is 3. The lowest BCUT2D eigenvalue weighted by Crippen LogP contribution is -2.21. The third-order valence-corrected chi connectivity index (χ3v) is 4.84. The van der Waals surface area contributed by atoms with Crippen LogP contribution in [0.15, 0.2) is 71.6 Å². The molecule has 0 radical (unpaired) electrons. The van der Waals surface area contributed by atoms with E-state index in [0.717, 1.165) is 0 Å². The minimum absolute atomic E-state index is 0.216. The molecule has 0 saturated heterocycles. The number of carbonyl (C=O) groups excluding carboxylic acids is 2. The van der Waals surface area contributed by atoms with Gasteiger partial charge in [0.2, 0.25) is 0 Å². The van der Waals surface area contributed by atoms with Crippen molar-refractivity contribution >= 4 is 22.6 Å². The molecule has 1 aliphatic carbocycles. The summed E-state index contributed by atoms with van der Waals surface area (Å²) < 4.78 is 25.9. The fourth-order valence-corrected chi connectivity index (χ4v) is 3.32. The Labute approximate surface area is 151 Å². The van der Waals surface area contributed by atoms with Crippen LogP contribution < -0.4 is 4.74 Å². The van der Waals surface area contributed by atoms with Crippen LogP contribution in [0.25, 0.3) is 0 Å². The fourth-order valence-electron chi connectivity index (χ4n) is 2.95. The van der Waals surface area contributed by atoms with E-state index in [1.54, 1.807) is 42.5 Å². The van der Waals surface area contributed by atoms with Gasteiger partial charge in [-0.2, -0.15) is 0 Å². The zero-order chi connectivity index (χ0) is 18.3. The summed E-state index contributed by atoms with van der Waals surface area (Å²) >= 11 is -2.08. The average molecular weight is 364 g/mol. The van der Waals surface area contributed by atoms with Crippen LogP contribution in [0.3, 0.4) is 0 Å². The molecule has 0 amide bonds. The third kappa shape index (κ3) is 2.65. The van der Waals surface area contributed by atoms with Crippen LogP contribution in [0.4, 0.5) is 0 Å². The van der Waals surface area contributed by atoms with Crippen molar-refractivity contribution in [1.82, 2.24) is 0 Å². The smallest absolute Gasteiger partial charge is 0.198 e. The van der Waals surface area contributed by atoms with Gasteiger partial charge in [0, 0.05) is 16.7 Å². The van der Waals surface area contributed by atoms with E-state index in [2.05, 4.69) is 0 Å². The normalized spacial score (nSPS) is 13.7. The Hall–Kier alpha value is -3.09. The molecule has 3 aromatic carbocycles. The second-order valence-corrected chi connectivity index (χ2v) is 6.67. The number of fused-ring (bicyclic) bond motifs is 2. The SMILES string of the molecule is O=C1c2ccccc2C(=O)c2c(Oc3ccc(S(=O)O)cc3)cccc21. The summed E-state index contributed by atoms with van der Waals surface area (Å²) in [6.07, 6.45) is 0. The van der Waals surface area contributed by atoms with Gasteiger partial charge in [0.1, 0.15) is 11.5 Å². The van der Waals surface area contributed by atoms with Gasteiger partial charge in [-0.25, -0.2) is 4.21 Å². The molecule has 1 N–H and O–H groups in total. The van der Waals surface area contributed by atoms with E-state index in [1.807, 2.05) is 0 Å². The van der Waals surface area contributed by atoms with Crippen LogP contribution in [0, 0.1) is 0 Å². The van der Waals surface area contributed by atoms with E-state index in [-0.39, 0.29) is 27.8 Å². The van der Waals surface area contributed by atoms with Gasteiger partial charge in [0.25, 0.3) is 0 Å².